The molecule has 4 rings (SSSR count). The number of aryl methyl sites for hydroxylation is 2. The number of fused-ring (bicyclic) bond motifs is 1. The zero-order chi connectivity index (χ0) is 17.4. The molecule has 1 amide bonds. The highest BCUT2D eigenvalue weighted by Crippen LogP contribution is 2.27. The van der Waals surface area contributed by atoms with Gasteiger partial charge in [-0.15, -0.1) is 0 Å². The molecule has 128 valence electrons. The Morgan fingerprint density at radius 1 is 1.16 bits per heavy atom. The normalized spacial score (nSPS) is 17.4. The number of H-pyrrole nitrogens is 1. The van der Waals surface area contributed by atoms with Gasteiger partial charge in [-0.1, -0.05) is 42.0 Å². The topological polar surface area (TPSA) is 36.1 Å². The Morgan fingerprint density at radius 2 is 1.96 bits per heavy atom. The number of amides is 1. The molecule has 1 aromatic heterocycles. The van der Waals surface area contributed by atoms with E-state index in [1.165, 1.54) is 11.1 Å². The molecule has 1 saturated heterocycles. The van der Waals surface area contributed by atoms with Crippen LogP contribution >= 0.6 is 0 Å². The predicted molar refractivity (Wildman–Crippen MR) is 102 cm³/mol. The molecule has 25 heavy (non-hydrogen) atoms. The van der Waals surface area contributed by atoms with E-state index < -0.39 is 0 Å². The minimum atomic E-state index is 0.141. The quantitative estimate of drug-likeness (QED) is 0.754. The van der Waals surface area contributed by atoms with Gasteiger partial charge in [0.15, 0.2) is 0 Å². The molecule has 0 bridgehead atoms. The Bertz CT molecular complexity index is 910. The van der Waals surface area contributed by atoms with Gasteiger partial charge in [-0.25, -0.2) is 0 Å². The van der Waals surface area contributed by atoms with Gasteiger partial charge < -0.3 is 9.88 Å². The Kier molecular flexibility index (Phi) is 4.08. The molecule has 2 aromatic carbocycles. The maximum Gasteiger partial charge on any atom is 0.270 e. The molecule has 3 heteroatoms. The first-order chi connectivity index (χ1) is 12.1. The minimum Gasteiger partial charge on any atom is -0.350 e. The molecule has 1 N–H and O–H groups in total. The van der Waals surface area contributed by atoms with Crippen LogP contribution < -0.4 is 0 Å². The van der Waals surface area contributed by atoms with Gasteiger partial charge in [0.05, 0.1) is 0 Å². The van der Waals surface area contributed by atoms with E-state index >= 15 is 0 Å². The van der Waals surface area contributed by atoms with Crippen LogP contribution in [0, 0.1) is 19.8 Å². The minimum absolute atomic E-state index is 0.141. The average molecular weight is 332 g/mol. The number of rotatable bonds is 3. The molecule has 2 heterocycles. The van der Waals surface area contributed by atoms with E-state index in [0.717, 1.165) is 48.1 Å². The number of hydrogen-bond acceptors (Lipinski definition) is 1. The fourth-order valence-corrected chi connectivity index (χ4v) is 3.94. The van der Waals surface area contributed by atoms with Crippen LogP contribution in [0.1, 0.15) is 33.6 Å². The third-order valence-electron chi connectivity index (χ3n) is 5.37. The van der Waals surface area contributed by atoms with Crippen molar-refractivity contribution in [2.75, 3.05) is 13.1 Å². The summed E-state index contributed by atoms with van der Waals surface area (Å²) >= 11 is 0. The summed E-state index contributed by atoms with van der Waals surface area (Å²) in [6.45, 7) is 5.83. The van der Waals surface area contributed by atoms with Crippen molar-refractivity contribution in [1.82, 2.24) is 9.88 Å². The number of carbonyl (C=O) groups excluding carboxylic acids is 1. The number of hydrogen-bond donors (Lipinski definition) is 1. The van der Waals surface area contributed by atoms with Crippen LogP contribution in [0.25, 0.3) is 10.9 Å². The Labute approximate surface area is 148 Å². The largest absolute Gasteiger partial charge is 0.350 e. The lowest BCUT2D eigenvalue weighted by Crippen LogP contribution is -2.29. The number of likely N-dealkylation sites (tertiary alicyclic amines) is 1. The van der Waals surface area contributed by atoms with Crippen LogP contribution in [-0.2, 0) is 6.42 Å². The summed E-state index contributed by atoms with van der Waals surface area (Å²) in [4.78, 5) is 18.4. The summed E-state index contributed by atoms with van der Waals surface area (Å²) in [6.07, 6.45) is 2.13. The van der Waals surface area contributed by atoms with Crippen LogP contribution in [0.15, 0.2) is 48.5 Å². The fraction of sp³-hybridized carbons (Fsp3) is 0.318. The van der Waals surface area contributed by atoms with E-state index in [9.17, 15) is 4.79 Å². The number of benzene rings is 2. The summed E-state index contributed by atoms with van der Waals surface area (Å²) in [6, 6.07) is 16.9. The highest BCUT2D eigenvalue weighted by atomic mass is 16.2. The molecule has 1 fully saturated rings. The van der Waals surface area contributed by atoms with Crippen molar-refractivity contribution in [1.29, 1.82) is 0 Å². The summed E-state index contributed by atoms with van der Waals surface area (Å²) in [5.41, 5.74) is 5.44. The number of aromatic amines is 1. The van der Waals surface area contributed by atoms with Gasteiger partial charge in [-0.3, -0.25) is 4.79 Å². The first kappa shape index (κ1) is 15.9. The summed E-state index contributed by atoms with van der Waals surface area (Å²) in [5, 5.41) is 1.16. The maximum atomic E-state index is 13.0. The number of nitrogens with one attached hydrogen (secondary N) is 1. The van der Waals surface area contributed by atoms with Crippen molar-refractivity contribution in [3.05, 3.63) is 70.9 Å². The van der Waals surface area contributed by atoms with Crippen LogP contribution in [0.3, 0.4) is 0 Å². The van der Waals surface area contributed by atoms with Gasteiger partial charge in [0.1, 0.15) is 5.69 Å². The lowest BCUT2D eigenvalue weighted by atomic mass is 9.99. The van der Waals surface area contributed by atoms with Crippen LogP contribution in [0.4, 0.5) is 0 Å². The van der Waals surface area contributed by atoms with Crippen LogP contribution in [0.2, 0.25) is 0 Å². The first-order valence-electron chi connectivity index (χ1n) is 9.04. The predicted octanol–water partition coefficient (Wildman–Crippen LogP) is 4.49. The molecule has 3 aromatic rings. The second kappa shape index (κ2) is 6.40. The van der Waals surface area contributed by atoms with Crippen LogP contribution in [-0.4, -0.2) is 28.9 Å². The van der Waals surface area contributed by atoms with Gasteiger partial charge in [0.25, 0.3) is 5.91 Å². The second-order valence-corrected chi connectivity index (χ2v) is 7.27. The highest BCUT2D eigenvalue weighted by Gasteiger charge is 2.29. The van der Waals surface area contributed by atoms with E-state index in [0.29, 0.717) is 5.92 Å². The highest BCUT2D eigenvalue weighted by molar-refractivity contribution is 6.01. The Morgan fingerprint density at radius 3 is 2.76 bits per heavy atom. The molecule has 0 saturated carbocycles. The molecular weight excluding hydrogens is 308 g/mol. The number of aromatic nitrogens is 1. The number of nitrogens with zero attached hydrogens (tertiary/aromatic N) is 1. The van der Waals surface area contributed by atoms with E-state index in [-0.39, 0.29) is 5.91 Å². The zero-order valence-electron chi connectivity index (χ0n) is 14.9. The zero-order valence-corrected chi connectivity index (χ0v) is 14.9. The average Bonchev–Trinajstić information content (AvgIpc) is 3.21. The molecule has 0 aliphatic carbocycles. The van der Waals surface area contributed by atoms with Crippen molar-refractivity contribution in [3.63, 3.8) is 0 Å². The first-order valence-corrected chi connectivity index (χ1v) is 9.04. The third kappa shape index (κ3) is 3.07. The lowest BCUT2D eigenvalue weighted by molar-refractivity contribution is 0.0781. The molecule has 3 nitrogen and oxygen atoms in total. The summed E-state index contributed by atoms with van der Waals surface area (Å²) < 4.78 is 0. The second-order valence-electron chi connectivity index (χ2n) is 7.27. The van der Waals surface area contributed by atoms with Crippen molar-refractivity contribution in [2.45, 2.75) is 26.7 Å². The van der Waals surface area contributed by atoms with Gasteiger partial charge in [0, 0.05) is 24.0 Å². The Hall–Kier alpha value is -2.55. The third-order valence-corrected chi connectivity index (χ3v) is 5.37. The molecular formula is C22H24N2O. The smallest absolute Gasteiger partial charge is 0.270 e. The van der Waals surface area contributed by atoms with Gasteiger partial charge >= 0.3 is 0 Å². The van der Waals surface area contributed by atoms with Crippen LogP contribution in [0.5, 0.6) is 0 Å². The standard InChI is InChI=1S/C22H24N2O/c1-15-8-9-20-19(12-15)16(2)21(23-20)22(25)24-11-10-18(14-24)13-17-6-4-3-5-7-17/h3-9,12,18,23H,10-11,13-14H2,1-2H3/t18-/m0/s1. The van der Waals surface area contributed by atoms with E-state index in [2.05, 4.69) is 54.4 Å². The molecule has 0 unspecified atom stereocenters. The van der Waals surface area contributed by atoms with Crippen molar-refractivity contribution in [2.24, 2.45) is 5.92 Å². The fourth-order valence-electron chi connectivity index (χ4n) is 3.94. The van der Waals surface area contributed by atoms with Crippen molar-refractivity contribution in [3.8, 4) is 0 Å². The lowest BCUT2D eigenvalue weighted by Gasteiger charge is -2.16. The maximum absolute atomic E-state index is 13.0. The monoisotopic (exact) mass is 332 g/mol. The van der Waals surface area contributed by atoms with Gasteiger partial charge in [0.2, 0.25) is 0 Å². The summed E-state index contributed by atoms with van der Waals surface area (Å²) in [5.74, 6) is 0.695. The van der Waals surface area contributed by atoms with E-state index in [1.54, 1.807) is 0 Å². The Balaban J connectivity index is 1.51. The molecule has 1 atom stereocenters. The SMILES string of the molecule is Cc1ccc2[nH]c(C(=O)N3CC[C@@H](Cc4ccccc4)C3)c(C)c2c1. The molecule has 0 spiro atoms. The van der Waals surface area contributed by atoms with Gasteiger partial charge in [-0.2, -0.15) is 0 Å². The van der Waals surface area contributed by atoms with Crippen molar-refractivity contribution >= 4 is 16.8 Å². The summed E-state index contributed by atoms with van der Waals surface area (Å²) in [7, 11) is 0. The molecule has 1 aliphatic rings. The van der Waals surface area contributed by atoms with Crippen molar-refractivity contribution < 1.29 is 4.79 Å². The number of carbonyl (C=O) groups is 1. The van der Waals surface area contributed by atoms with E-state index in [1.807, 2.05) is 17.9 Å². The van der Waals surface area contributed by atoms with Gasteiger partial charge in [-0.05, 0) is 55.9 Å². The van der Waals surface area contributed by atoms with E-state index in [4.69, 9.17) is 0 Å². The molecule has 1 aliphatic heterocycles. The molecule has 0 radical (unpaired) electrons.